The lowest BCUT2D eigenvalue weighted by Crippen LogP contribution is -2.56. The number of aromatic carboxylic acids is 1. The molecule has 1 heterocycles. The summed E-state index contributed by atoms with van der Waals surface area (Å²) in [4.78, 5) is 40.5. The van der Waals surface area contributed by atoms with E-state index in [-0.39, 0.29) is 29.5 Å². The highest BCUT2D eigenvalue weighted by Gasteiger charge is 2.36. The van der Waals surface area contributed by atoms with Crippen molar-refractivity contribution in [2.75, 3.05) is 19.6 Å². The van der Waals surface area contributed by atoms with Crippen molar-refractivity contribution in [2.24, 2.45) is 0 Å². The summed E-state index contributed by atoms with van der Waals surface area (Å²) in [6, 6.07) is 4.73. The highest BCUT2D eigenvalue weighted by atomic mass is 16.6. The van der Waals surface area contributed by atoms with E-state index in [9.17, 15) is 19.5 Å². The van der Waals surface area contributed by atoms with Crippen LogP contribution in [0.2, 0.25) is 0 Å². The van der Waals surface area contributed by atoms with E-state index < -0.39 is 11.6 Å². The van der Waals surface area contributed by atoms with Crippen LogP contribution in [0.1, 0.15) is 72.7 Å². The smallest absolute Gasteiger partial charge is 0.410 e. The maximum atomic E-state index is 13.2. The number of nitrogens with zero attached hydrogens (tertiary/aromatic N) is 2. The number of carbonyl (C=O) groups excluding carboxylic acids is 2. The molecule has 1 N–H and O–H groups in total. The topological polar surface area (TPSA) is 87.2 Å². The number of carboxylic acid groups (broad SMARTS) is 1. The molecule has 1 saturated carbocycles. The van der Waals surface area contributed by atoms with Gasteiger partial charge in [0.2, 0.25) is 0 Å². The first-order valence-corrected chi connectivity index (χ1v) is 9.73. The minimum atomic E-state index is -1.00. The van der Waals surface area contributed by atoms with Crippen molar-refractivity contribution in [3.8, 4) is 0 Å². The van der Waals surface area contributed by atoms with E-state index in [0.717, 1.165) is 12.8 Å². The number of carbonyl (C=O) groups is 3. The average Bonchev–Trinajstić information content (AvgIpc) is 3.43. The number of carboxylic acids is 1. The van der Waals surface area contributed by atoms with Gasteiger partial charge in [0.05, 0.1) is 5.56 Å². The highest BCUT2D eigenvalue weighted by Crippen LogP contribution is 2.43. The van der Waals surface area contributed by atoms with Crippen LogP contribution < -0.4 is 0 Å². The Morgan fingerprint density at radius 3 is 2.29 bits per heavy atom. The van der Waals surface area contributed by atoms with Crippen molar-refractivity contribution >= 4 is 18.0 Å². The summed E-state index contributed by atoms with van der Waals surface area (Å²) in [5.74, 6) is -1.02. The minimum absolute atomic E-state index is 0.143. The van der Waals surface area contributed by atoms with Crippen LogP contribution in [0.5, 0.6) is 0 Å². The Hall–Kier alpha value is -2.57. The second kappa shape index (κ2) is 7.45. The number of amides is 2. The van der Waals surface area contributed by atoms with Gasteiger partial charge in [-0.05, 0) is 64.2 Å². The fourth-order valence-corrected chi connectivity index (χ4v) is 3.66. The standard InChI is InChI=1S/C21H28N2O5/c1-13-12-22(20(27)28-21(2,3)4)10-11-23(13)18(24)15-6-5-7-16(19(25)26)17(15)14-8-9-14/h5-7,13-14H,8-12H2,1-4H3,(H,25,26)/t13-/m1/s1. The molecular formula is C21H28N2O5. The van der Waals surface area contributed by atoms with Crippen LogP contribution in [0.4, 0.5) is 4.79 Å². The Balaban J connectivity index is 1.77. The first-order valence-electron chi connectivity index (χ1n) is 9.73. The maximum absolute atomic E-state index is 13.2. The lowest BCUT2D eigenvalue weighted by Gasteiger charge is -2.40. The average molecular weight is 388 g/mol. The maximum Gasteiger partial charge on any atom is 0.410 e. The first kappa shape index (κ1) is 20.2. The van der Waals surface area contributed by atoms with E-state index in [1.165, 1.54) is 0 Å². The second-order valence-corrected chi connectivity index (χ2v) is 8.62. The van der Waals surface area contributed by atoms with E-state index in [1.54, 1.807) is 28.0 Å². The molecule has 1 aliphatic heterocycles. The highest BCUT2D eigenvalue weighted by molar-refractivity contribution is 6.00. The van der Waals surface area contributed by atoms with Gasteiger partial charge < -0.3 is 19.6 Å². The van der Waals surface area contributed by atoms with Crippen molar-refractivity contribution in [3.63, 3.8) is 0 Å². The predicted molar refractivity (Wildman–Crippen MR) is 104 cm³/mol. The van der Waals surface area contributed by atoms with Crippen molar-refractivity contribution in [2.45, 2.75) is 58.1 Å². The molecule has 28 heavy (non-hydrogen) atoms. The van der Waals surface area contributed by atoms with Gasteiger partial charge in [-0.1, -0.05) is 6.07 Å². The molecule has 0 unspecified atom stereocenters. The summed E-state index contributed by atoms with van der Waals surface area (Å²) in [6.45, 7) is 8.53. The number of benzene rings is 1. The molecule has 7 heteroatoms. The lowest BCUT2D eigenvalue weighted by atomic mass is 9.95. The SMILES string of the molecule is C[C@@H]1CN(C(=O)OC(C)(C)C)CCN1C(=O)c1cccc(C(=O)O)c1C1CC1. The molecule has 2 amide bonds. The van der Waals surface area contributed by atoms with Gasteiger partial charge >= 0.3 is 12.1 Å². The summed E-state index contributed by atoms with van der Waals surface area (Å²) in [5, 5.41) is 9.52. The zero-order chi connectivity index (χ0) is 20.6. The second-order valence-electron chi connectivity index (χ2n) is 8.62. The Kier molecular flexibility index (Phi) is 5.37. The van der Waals surface area contributed by atoms with E-state index in [0.29, 0.717) is 30.8 Å². The molecule has 7 nitrogen and oxygen atoms in total. The molecule has 1 saturated heterocycles. The molecule has 0 spiro atoms. The van der Waals surface area contributed by atoms with Gasteiger partial charge in [-0.15, -0.1) is 0 Å². The van der Waals surface area contributed by atoms with Gasteiger partial charge in [0.25, 0.3) is 5.91 Å². The first-order chi connectivity index (χ1) is 13.1. The number of piperazine rings is 1. The fourth-order valence-electron chi connectivity index (χ4n) is 3.66. The van der Waals surface area contributed by atoms with Gasteiger partial charge in [0, 0.05) is 31.2 Å². The molecule has 2 aliphatic rings. The summed E-state index contributed by atoms with van der Waals surface area (Å²) < 4.78 is 5.43. The van der Waals surface area contributed by atoms with E-state index in [4.69, 9.17) is 4.74 Å². The quantitative estimate of drug-likeness (QED) is 0.858. The number of hydrogen-bond acceptors (Lipinski definition) is 4. The summed E-state index contributed by atoms with van der Waals surface area (Å²) in [5.41, 5.74) is 0.777. The third-order valence-corrected chi connectivity index (χ3v) is 5.09. The molecule has 1 aromatic carbocycles. The van der Waals surface area contributed by atoms with Gasteiger partial charge in [-0.2, -0.15) is 0 Å². The third kappa shape index (κ3) is 4.29. The van der Waals surface area contributed by atoms with E-state index >= 15 is 0 Å². The molecule has 152 valence electrons. The van der Waals surface area contributed by atoms with Crippen LogP contribution in [0.3, 0.4) is 0 Å². The van der Waals surface area contributed by atoms with Crippen LogP contribution in [-0.2, 0) is 4.74 Å². The van der Waals surface area contributed by atoms with E-state index in [2.05, 4.69) is 0 Å². The largest absolute Gasteiger partial charge is 0.478 e. The molecule has 1 aromatic rings. The summed E-state index contributed by atoms with van der Waals surface area (Å²) in [6.07, 6.45) is 1.44. The normalized spacial score (nSPS) is 20.1. The molecule has 1 atom stereocenters. The Morgan fingerprint density at radius 1 is 1.11 bits per heavy atom. The van der Waals surface area contributed by atoms with Crippen molar-refractivity contribution in [1.29, 1.82) is 0 Å². The zero-order valence-electron chi connectivity index (χ0n) is 16.9. The van der Waals surface area contributed by atoms with Crippen LogP contribution in [-0.4, -0.2) is 64.2 Å². The fraction of sp³-hybridized carbons (Fsp3) is 0.571. The molecule has 0 radical (unpaired) electrons. The predicted octanol–water partition coefficient (Wildman–Crippen LogP) is 3.34. The molecule has 3 rings (SSSR count). The van der Waals surface area contributed by atoms with Gasteiger partial charge in [0.1, 0.15) is 5.60 Å². The van der Waals surface area contributed by atoms with Crippen molar-refractivity contribution in [3.05, 3.63) is 34.9 Å². The molecular weight excluding hydrogens is 360 g/mol. The zero-order valence-corrected chi connectivity index (χ0v) is 16.9. The van der Waals surface area contributed by atoms with Crippen LogP contribution >= 0.6 is 0 Å². The molecule has 2 fully saturated rings. The number of hydrogen-bond donors (Lipinski definition) is 1. The van der Waals surface area contributed by atoms with E-state index in [1.807, 2.05) is 27.7 Å². The number of ether oxygens (including phenoxy) is 1. The Morgan fingerprint density at radius 2 is 1.75 bits per heavy atom. The van der Waals surface area contributed by atoms with Gasteiger partial charge in [-0.25, -0.2) is 9.59 Å². The monoisotopic (exact) mass is 388 g/mol. The summed E-state index contributed by atoms with van der Waals surface area (Å²) in [7, 11) is 0. The lowest BCUT2D eigenvalue weighted by molar-refractivity contribution is 0.00613. The Bertz CT molecular complexity index is 794. The van der Waals surface area contributed by atoms with Gasteiger partial charge in [-0.3, -0.25) is 4.79 Å². The van der Waals surface area contributed by atoms with Crippen LogP contribution in [0.25, 0.3) is 0 Å². The third-order valence-electron chi connectivity index (χ3n) is 5.09. The molecule has 0 aromatic heterocycles. The van der Waals surface area contributed by atoms with Crippen LogP contribution in [0, 0.1) is 0 Å². The minimum Gasteiger partial charge on any atom is -0.478 e. The van der Waals surface area contributed by atoms with Gasteiger partial charge in [0.15, 0.2) is 0 Å². The number of rotatable bonds is 3. The molecule has 1 aliphatic carbocycles. The van der Waals surface area contributed by atoms with Crippen LogP contribution in [0.15, 0.2) is 18.2 Å². The molecule has 0 bridgehead atoms. The Labute approximate surface area is 165 Å². The van der Waals surface area contributed by atoms with Crippen molar-refractivity contribution in [1.82, 2.24) is 9.80 Å². The summed E-state index contributed by atoms with van der Waals surface area (Å²) >= 11 is 0. The van der Waals surface area contributed by atoms with Crippen molar-refractivity contribution < 1.29 is 24.2 Å².